The molecule has 0 aliphatic heterocycles. The highest BCUT2D eigenvalue weighted by atomic mass is 19.1. The minimum Gasteiger partial charge on any atom is -0.245 e. The minimum absolute atomic E-state index is 0.333. The van der Waals surface area contributed by atoms with Crippen molar-refractivity contribution in [1.29, 1.82) is 0 Å². The number of nitrogens with zero attached hydrogens (tertiary/aromatic N) is 2. The van der Waals surface area contributed by atoms with Gasteiger partial charge in [-0.1, -0.05) is 72.8 Å². The van der Waals surface area contributed by atoms with Gasteiger partial charge in [-0.2, -0.15) is 0 Å². The van der Waals surface area contributed by atoms with Crippen LogP contribution in [0.25, 0.3) is 48.6 Å². The summed E-state index contributed by atoms with van der Waals surface area (Å²) in [7, 11) is 0. The van der Waals surface area contributed by atoms with E-state index >= 15 is 0 Å². The molecule has 0 aliphatic carbocycles. The van der Waals surface area contributed by atoms with E-state index in [9.17, 15) is 17.6 Å². The van der Waals surface area contributed by atoms with E-state index in [-0.39, 0.29) is 23.3 Å². The number of benzene rings is 4. The Morgan fingerprint density at radius 1 is 0.286 bits per heavy atom. The molecule has 0 aliphatic rings. The third-order valence-corrected chi connectivity index (χ3v) is 6.22. The summed E-state index contributed by atoms with van der Waals surface area (Å²) in [6, 6.07) is 24.2. The first-order valence-electron chi connectivity index (χ1n) is 13.1. The van der Waals surface area contributed by atoms with Crippen LogP contribution in [0.4, 0.5) is 17.6 Å². The van der Waals surface area contributed by atoms with Crippen molar-refractivity contribution in [2.75, 3.05) is 0 Å². The van der Waals surface area contributed by atoms with Gasteiger partial charge >= 0.3 is 0 Å². The van der Waals surface area contributed by atoms with Crippen LogP contribution in [0.2, 0.25) is 0 Å². The van der Waals surface area contributed by atoms with E-state index in [0.717, 1.165) is 22.3 Å². The zero-order valence-corrected chi connectivity index (χ0v) is 22.3. The highest BCUT2D eigenvalue weighted by Gasteiger charge is 2.08. The summed E-state index contributed by atoms with van der Waals surface area (Å²) in [6.07, 6.45) is 14.4. The van der Waals surface area contributed by atoms with Gasteiger partial charge < -0.3 is 0 Å². The van der Waals surface area contributed by atoms with Crippen LogP contribution >= 0.6 is 0 Å². The minimum atomic E-state index is -0.333. The van der Waals surface area contributed by atoms with Gasteiger partial charge in [0.25, 0.3) is 0 Å². The van der Waals surface area contributed by atoms with Crippen molar-refractivity contribution < 1.29 is 17.6 Å². The molecule has 0 N–H and O–H groups in total. The van der Waals surface area contributed by atoms with Crippen molar-refractivity contribution in [3.8, 4) is 0 Å². The first-order chi connectivity index (χ1) is 20.4. The molecule has 206 valence electrons. The van der Waals surface area contributed by atoms with Crippen molar-refractivity contribution in [2.45, 2.75) is 0 Å². The van der Waals surface area contributed by atoms with Crippen LogP contribution < -0.4 is 0 Å². The smallest absolute Gasteiger partial charge is 0.123 e. The van der Waals surface area contributed by atoms with Crippen molar-refractivity contribution in [3.05, 3.63) is 165 Å². The molecule has 0 saturated heterocycles. The molecule has 0 bridgehead atoms. The molecule has 4 aromatic carbocycles. The summed E-state index contributed by atoms with van der Waals surface area (Å²) in [5, 5.41) is 0. The Hall–Kier alpha value is -5.36. The highest BCUT2D eigenvalue weighted by Crippen LogP contribution is 2.21. The van der Waals surface area contributed by atoms with Gasteiger partial charge in [-0.25, -0.2) is 27.5 Å². The maximum Gasteiger partial charge on any atom is 0.123 e. The molecule has 6 heteroatoms. The van der Waals surface area contributed by atoms with Gasteiger partial charge in [0.2, 0.25) is 0 Å². The molecule has 2 nitrogen and oxygen atoms in total. The molecule has 0 amide bonds. The second-order valence-electron chi connectivity index (χ2n) is 9.30. The Morgan fingerprint density at radius 3 is 0.667 bits per heavy atom. The van der Waals surface area contributed by atoms with E-state index in [1.165, 1.54) is 48.5 Å². The molecular weight excluding hydrogens is 536 g/mol. The molecule has 0 spiro atoms. The molecule has 0 fully saturated rings. The zero-order valence-electron chi connectivity index (χ0n) is 22.3. The fourth-order valence-electron chi connectivity index (χ4n) is 3.98. The molecule has 0 radical (unpaired) electrons. The van der Waals surface area contributed by atoms with Crippen molar-refractivity contribution in [3.63, 3.8) is 0 Å². The van der Waals surface area contributed by atoms with Gasteiger partial charge in [0.1, 0.15) is 23.3 Å². The first kappa shape index (κ1) is 28.2. The van der Waals surface area contributed by atoms with E-state index in [4.69, 9.17) is 9.97 Å². The SMILES string of the molecule is Fc1ccc(/C=C/c2nc(/C=C/c3ccc(F)cc3)c(/C=C/c3ccc(F)cc3)nc2/C=C/c2ccc(F)cc2)cc1. The fourth-order valence-corrected chi connectivity index (χ4v) is 3.98. The molecule has 42 heavy (non-hydrogen) atoms. The predicted molar refractivity (Wildman–Crippen MR) is 163 cm³/mol. The fraction of sp³-hybridized carbons (Fsp3) is 0. The lowest BCUT2D eigenvalue weighted by atomic mass is 10.1. The summed E-state index contributed by atoms with van der Waals surface area (Å²) in [4.78, 5) is 9.77. The Labute approximate surface area is 241 Å². The number of hydrogen-bond donors (Lipinski definition) is 0. The quantitative estimate of drug-likeness (QED) is 0.177. The van der Waals surface area contributed by atoms with Gasteiger partial charge in [-0.3, -0.25) is 0 Å². The first-order valence-corrected chi connectivity index (χ1v) is 13.1. The van der Waals surface area contributed by atoms with E-state index in [1.807, 2.05) is 0 Å². The largest absolute Gasteiger partial charge is 0.245 e. The average molecular weight is 561 g/mol. The van der Waals surface area contributed by atoms with E-state index in [0.29, 0.717) is 22.8 Å². The number of aromatic nitrogens is 2. The standard InChI is InChI=1S/C36H24F4N2/c37-29-13-1-25(2-14-29)9-21-33-34(22-10-26-3-15-30(38)16-4-26)42-36(24-12-28-7-19-32(40)20-8-28)35(41-33)23-11-27-5-17-31(39)18-6-27/h1-24H/b21-9+,22-10+,23-11+,24-12+. The lowest BCUT2D eigenvalue weighted by Crippen LogP contribution is -2.00. The Balaban J connectivity index is 1.60. The number of halogens is 4. The normalized spacial score (nSPS) is 11.9. The van der Waals surface area contributed by atoms with E-state index in [2.05, 4.69) is 0 Å². The summed E-state index contributed by atoms with van der Waals surface area (Å²) in [5.41, 5.74) is 5.24. The van der Waals surface area contributed by atoms with Crippen LogP contribution in [-0.4, -0.2) is 9.97 Å². The second-order valence-corrected chi connectivity index (χ2v) is 9.30. The van der Waals surface area contributed by atoms with Gasteiger partial charge in [-0.05, 0) is 95.1 Å². The van der Waals surface area contributed by atoms with Crippen molar-refractivity contribution >= 4 is 48.6 Å². The van der Waals surface area contributed by atoms with Crippen LogP contribution in [0.1, 0.15) is 45.0 Å². The summed E-state index contributed by atoms with van der Waals surface area (Å²) in [5.74, 6) is -1.33. The summed E-state index contributed by atoms with van der Waals surface area (Å²) in [6.45, 7) is 0. The van der Waals surface area contributed by atoms with Crippen molar-refractivity contribution in [1.82, 2.24) is 9.97 Å². The maximum atomic E-state index is 13.4. The van der Waals surface area contributed by atoms with Crippen LogP contribution in [-0.2, 0) is 0 Å². The third kappa shape index (κ3) is 7.86. The van der Waals surface area contributed by atoms with Crippen LogP contribution in [0.15, 0.2) is 97.1 Å². The highest BCUT2D eigenvalue weighted by molar-refractivity contribution is 5.81. The molecule has 0 saturated carbocycles. The van der Waals surface area contributed by atoms with Gasteiger partial charge in [-0.15, -0.1) is 0 Å². The number of rotatable bonds is 8. The van der Waals surface area contributed by atoms with Gasteiger partial charge in [0.15, 0.2) is 0 Å². The van der Waals surface area contributed by atoms with E-state index < -0.39 is 0 Å². The van der Waals surface area contributed by atoms with Crippen LogP contribution in [0, 0.1) is 23.3 Å². The molecular formula is C36H24F4N2. The van der Waals surface area contributed by atoms with Gasteiger partial charge in [0, 0.05) is 0 Å². The monoisotopic (exact) mass is 560 g/mol. The number of hydrogen-bond acceptors (Lipinski definition) is 2. The maximum absolute atomic E-state index is 13.4. The predicted octanol–water partition coefficient (Wildman–Crippen LogP) is 9.71. The Morgan fingerprint density at radius 2 is 0.476 bits per heavy atom. The molecule has 5 aromatic rings. The molecule has 0 atom stereocenters. The van der Waals surface area contributed by atoms with Crippen LogP contribution in [0.3, 0.4) is 0 Å². The lowest BCUT2D eigenvalue weighted by Gasteiger charge is -2.07. The zero-order chi connectivity index (χ0) is 29.3. The Kier molecular flexibility index (Phi) is 8.94. The third-order valence-electron chi connectivity index (χ3n) is 6.22. The lowest BCUT2D eigenvalue weighted by molar-refractivity contribution is 0.627. The van der Waals surface area contributed by atoms with Crippen molar-refractivity contribution in [2.24, 2.45) is 0 Å². The second kappa shape index (κ2) is 13.3. The Bertz CT molecular complexity index is 1500. The summed E-state index contributed by atoms with van der Waals surface area (Å²) >= 11 is 0. The topological polar surface area (TPSA) is 25.8 Å². The molecule has 1 heterocycles. The molecule has 0 unspecified atom stereocenters. The molecule has 1 aromatic heterocycles. The van der Waals surface area contributed by atoms with Gasteiger partial charge in [0.05, 0.1) is 22.8 Å². The average Bonchev–Trinajstić information content (AvgIpc) is 3.00. The van der Waals surface area contributed by atoms with E-state index in [1.54, 1.807) is 97.1 Å². The summed E-state index contributed by atoms with van der Waals surface area (Å²) < 4.78 is 53.7. The molecule has 5 rings (SSSR count). The van der Waals surface area contributed by atoms with Crippen LogP contribution in [0.5, 0.6) is 0 Å².